The summed E-state index contributed by atoms with van der Waals surface area (Å²) in [5.74, 6) is 2.64. The number of hydrogen-bond donors (Lipinski definition) is 2. The van der Waals surface area contributed by atoms with Crippen molar-refractivity contribution >= 4 is 11.8 Å². The van der Waals surface area contributed by atoms with Crippen LogP contribution in [-0.4, -0.2) is 47.2 Å². The van der Waals surface area contributed by atoms with Gasteiger partial charge in [-0.3, -0.25) is 5.10 Å². The van der Waals surface area contributed by atoms with Gasteiger partial charge >= 0.3 is 0 Å². The lowest BCUT2D eigenvalue weighted by Crippen LogP contribution is -2.40. The van der Waals surface area contributed by atoms with Gasteiger partial charge in [-0.1, -0.05) is 23.9 Å². The Balaban J connectivity index is 1.48. The molecule has 0 fully saturated rings. The second kappa shape index (κ2) is 6.82. The van der Waals surface area contributed by atoms with Gasteiger partial charge in [0.2, 0.25) is 0 Å². The number of hydrogen-bond acceptors (Lipinski definition) is 6. The third kappa shape index (κ3) is 3.48. The summed E-state index contributed by atoms with van der Waals surface area (Å²) in [6.45, 7) is 1.57. The summed E-state index contributed by atoms with van der Waals surface area (Å²) in [6, 6.07) is 6.36. The maximum Gasteiger partial charge on any atom is 0.183 e. The molecule has 1 atom stereocenters. The molecule has 0 unspecified atom stereocenters. The fourth-order valence-corrected chi connectivity index (χ4v) is 3.01. The first-order chi connectivity index (χ1) is 10.4. The second-order valence-electron chi connectivity index (χ2n) is 4.75. The highest BCUT2D eigenvalue weighted by molar-refractivity contribution is 7.99. The lowest BCUT2D eigenvalue weighted by molar-refractivity contribution is 0.229. The average molecular weight is 306 g/mol. The summed E-state index contributed by atoms with van der Waals surface area (Å²) in [5.41, 5.74) is 1.20. The van der Waals surface area contributed by atoms with Crippen molar-refractivity contribution in [3.05, 3.63) is 30.1 Å². The number of aromatic nitrogens is 3. The van der Waals surface area contributed by atoms with E-state index in [-0.39, 0.29) is 0 Å². The van der Waals surface area contributed by atoms with Crippen molar-refractivity contribution in [2.45, 2.75) is 17.6 Å². The van der Waals surface area contributed by atoms with Gasteiger partial charge in [-0.25, -0.2) is 4.98 Å². The number of nitrogens with one attached hydrogen (secondary N) is 2. The second-order valence-corrected chi connectivity index (χ2v) is 5.84. The quantitative estimate of drug-likeness (QED) is 0.622. The molecule has 0 saturated carbocycles. The number of ether oxygens (including phenoxy) is 2. The van der Waals surface area contributed by atoms with E-state index in [0.717, 1.165) is 35.4 Å². The average Bonchev–Trinajstić information content (AvgIpc) is 3.04. The molecule has 2 N–H and O–H groups in total. The number of aromatic amines is 1. The molecular formula is C14H18N4O2S. The van der Waals surface area contributed by atoms with E-state index in [2.05, 4.69) is 26.6 Å². The van der Waals surface area contributed by atoms with Crippen molar-refractivity contribution in [1.29, 1.82) is 0 Å². The minimum atomic E-state index is 0.333. The zero-order valence-corrected chi connectivity index (χ0v) is 12.7. The molecule has 2 heterocycles. The monoisotopic (exact) mass is 306 g/mol. The summed E-state index contributed by atoms with van der Waals surface area (Å²) in [7, 11) is 1.67. The fourth-order valence-electron chi connectivity index (χ4n) is 2.36. The third-order valence-corrected chi connectivity index (χ3v) is 4.22. The molecule has 2 aromatic rings. The molecule has 0 aliphatic carbocycles. The number of H-pyrrole nitrogens is 1. The van der Waals surface area contributed by atoms with Gasteiger partial charge < -0.3 is 14.8 Å². The summed E-state index contributed by atoms with van der Waals surface area (Å²) < 4.78 is 11.2. The first kappa shape index (κ1) is 14.2. The van der Waals surface area contributed by atoms with E-state index in [0.29, 0.717) is 12.6 Å². The zero-order chi connectivity index (χ0) is 14.5. The Bertz CT molecular complexity index is 576. The highest BCUT2D eigenvalue weighted by Crippen LogP contribution is 2.34. The Labute approximate surface area is 127 Å². The van der Waals surface area contributed by atoms with E-state index in [1.54, 1.807) is 18.9 Å². The fraction of sp³-hybridized carbons (Fsp3) is 0.429. The van der Waals surface area contributed by atoms with Crippen LogP contribution in [0.3, 0.4) is 0 Å². The number of methoxy groups -OCH3 is 1. The zero-order valence-electron chi connectivity index (χ0n) is 11.8. The number of rotatable bonds is 6. The molecule has 1 aliphatic heterocycles. The van der Waals surface area contributed by atoms with Crippen LogP contribution in [0.2, 0.25) is 0 Å². The van der Waals surface area contributed by atoms with E-state index >= 15 is 0 Å². The molecule has 0 amide bonds. The predicted octanol–water partition coefficient (Wildman–Crippen LogP) is 1.50. The molecule has 7 heteroatoms. The molecule has 0 saturated heterocycles. The predicted molar refractivity (Wildman–Crippen MR) is 81.1 cm³/mol. The van der Waals surface area contributed by atoms with Crippen LogP contribution in [-0.2, 0) is 6.42 Å². The standard InChI is InChI=1S/C14H18N4O2S/c1-19-12-4-2-3-10-7-11(8-20-13(10)12)15-5-6-21-14-16-9-17-18-14/h2-4,9,11,15H,5-8H2,1H3,(H,16,17,18)/t11-/m1/s1. The number of fused-ring (bicyclic) bond motifs is 1. The van der Waals surface area contributed by atoms with Gasteiger partial charge in [0.15, 0.2) is 16.7 Å². The van der Waals surface area contributed by atoms with Crippen molar-refractivity contribution in [2.75, 3.05) is 26.0 Å². The third-order valence-electron chi connectivity index (χ3n) is 3.34. The van der Waals surface area contributed by atoms with E-state index in [1.165, 1.54) is 11.9 Å². The molecule has 1 aromatic carbocycles. The van der Waals surface area contributed by atoms with Gasteiger partial charge in [0.1, 0.15) is 12.9 Å². The van der Waals surface area contributed by atoms with Crippen LogP contribution in [0.25, 0.3) is 0 Å². The van der Waals surface area contributed by atoms with E-state index in [9.17, 15) is 0 Å². The Hall–Kier alpha value is -1.73. The van der Waals surface area contributed by atoms with Crippen LogP contribution < -0.4 is 14.8 Å². The van der Waals surface area contributed by atoms with E-state index < -0.39 is 0 Å². The van der Waals surface area contributed by atoms with E-state index in [4.69, 9.17) is 9.47 Å². The van der Waals surface area contributed by atoms with Gasteiger partial charge in [-0.2, -0.15) is 5.10 Å². The van der Waals surface area contributed by atoms with Crippen LogP contribution in [0.1, 0.15) is 5.56 Å². The molecule has 0 radical (unpaired) electrons. The lowest BCUT2D eigenvalue weighted by atomic mass is 10.0. The van der Waals surface area contributed by atoms with Gasteiger partial charge in [-0.05, 0) is 18.1 Å². The van der Waals surface area contributed by atoms with Crippen molar-refractivity contribution in [2.24, 2.45) is 0 Å². The molecule has 112 valence electrons. The molecule has 0 spiro atoms. The Morgan fingerprint density at radius 1 is 1.52 bits per heavy atom. The largest absolute Gasteiger partial charge is 0.493 e. The normalized spacial score (nSPS) is 17.1. The molecule has 1 aliphatic rings. The number of benzene rings is 1. The number of para-hydroxylation sites is 1. The van der Waals surface area contributed by atoms with Crippen molar-refractivity contribution in [3.8, 4) is 11.5 Å². The first-order valence-electron chi connectivity index (χ1n) is 6.87. The minimum Gasteiger partial charge on any atom is -0.493 e. The maximum absolute atomic E-state index is 5.84. The molecule has 0 bridgehead atoms. The Kier molecular flexibility index (Phi) is 4.62. The molecular weight excluding hydrogens is 288 g/mol. The number of thioether (sulfide) groups is 1. The lowest BCUT2D eigenvalue weighted by Gasteiger charge is -2.27. The smallest absolute Gasteiger partial charge is 0.183 e. The summed E-state index contributed by atoms with van der Waals surface area (Å²) >= 11 is 1.65. The number of nitrogens with zero attached hydrogens (tertiary/aromatic N) is 2. The van der Waals surface area contributed by atoms with Crippen molar-refractivity contribution in [1.82, 2.24) is 20.5 Å². The topological polar surface area (TPSA) is 72.1 Å². The van der Waals surface area contributed by atoms with Crippen molar-refractivity contribution in [3.63, 3.8) is 0 Å². The van der Waals surface area contributed by atoms with Crippen LogP contribution in [0.5, 0.6) is 11.5 Å². The van der Waals surface area contributed by atoms with E-state index in [1.807, 2.05) is 12.1 Å². The van der Waals surface area contributed by atoms with Gasteiger partial charge in [-0.15, -0.1) is 0 Å². The summed E-state index contributed by atoms with van der Waals surface area (Å²) in [5, 5.41) is 11.0. The first-order valence-corrected chi connectivity index (χ1v) is 7.85. The van der Waals surface area contributed by atoms with Gasteiger partial charge in [0.05, 0.1) is 7.11 Å². The highest BCUT2D eigenvalue weighted by Gasteiger charge is 2.21. The molecule has 21 heavy (non-hydrogen) atoms. The summed E-state index contributed by atoms with van der Waals surface area (Å²) in [6.07, 6.45) is 2.48. The Morgan fingerprint density at radius 2 is 2.48 bits per heavy atom. The van der Waals surface area contributed by atoms with Crippen molar-refractivity contribution < 1.29 is 9.47 Å². The van der Waals surface area contributed by atoms with Gasteiger partial charge in [0, 0.05) is 18.3 Å². The van der Waals surface area contributed by atoms with Crippen LogP contribution >= 0.6 is 11.8 Å². The van der Waals surface area contributed by atoms with Crippen LogP contribution in [0.15, 0.2) is 29.7 Å². The SMILES string of the molecule is COc1cccc2c1OC[C@H](NCCSc1ncn[nH]1)C2. The maximum atomic E-state index is 5.84. The summed E-state index contributed by atoms with van der Waals surface area (Å²) in [4.78, 5) is 4.08. The molecule has 3 rings (SSSR count). The molecule has 1 aromatic heterocycles. The minimum absolute atomic E-state index is 0.333. The highest BCUT2D eigenvalue weighted by atomic mass is 32.2. The van der Waals surface area contributed by atoms with Crippen LogP contribution in [0, 0.1) is 0 Å². The van der Waals surface area contributed by atoms with Gasteiger partial charge in [0.25, 0.3) is 0 Å². The molecule has 6 nitrogen and oxygen atoms in total. The van der Waals surface area contributed by atoms with Crippen LogP contribution in [0.4, 0.5) is 0 Å². The Morgan fingerprint density at radius 3 is 3.29 bits per heavy atom.